The molecule has 5 nitrogen and oxygen atoms in total. The summed E-state index contributed by atoms with van der Waals surface area (Å²) in [7, 11) is 0. The maximum absolute atomic E-state index is 5.68. The second-order valence-corrected chi connectivity index (χ2v) is 6.56. The van der Waals surface area contributed by atoms with Gasteiger partial charge in [-0.1, -0.05) is 0 Å². The molecular formula is C16H25N3O2. The van der Waals surface area contributed by atoms with E-state index in [1.165, 1.54) is 0 Å². The van der Waals surface area contributed by atoms with E-state index in [2.05, 4.69) is 45.0 Å². The molecule has 2 aromatic heterocycles. The molecule has 0 fully saturated rings. The zero-order valence-electron chi connectivity index (χ0n) is 13.5. The fourth-order valence-corrected chi connectivity index (χ4v) is 1.79. The van der Waals surface area contributed by atoms with Crippen molar-refractivity contribution in [2.45, 2.75) is 59.4 Å². The molecule has 2 heterocycles. The molecule has 0 saturated heterocycles. The van der Waals surface area contributed by atoms with E-state index in [4.69, 9.17) is 9.15 Å². The van der Waals surface area contributed by atoms with Crippen molar-refractivity contribution in [3.05, 3.63) is 36.0 Å². The van der Waals surface area contributed by atoms with E-state index < -0.39 is 0 Å². The Kier molecular flexibility index (Phi) is 4.73. The van der Waals surface area contributed by atoms with E-state index in [1.54, 1.807) is 12.5 Å². The van der Waals surface area contributed by atoms with Crippen molar-refractivity contribution < 1.29 is 9.15 Å². The van der Waals surface area contributed by atoms with Crippen LogP contribution in [0.25, 0.3) is 0 Å². The summed E-state index contributed by atoms with van der Waals surface area (Å²) in [6.45, 7) is 11.8. The highest BCUT2D eigenvalue weighted by Gasteiger charge is 2.10. The Bertz CT molecular complexity index is 564. The summed E-state index contributed by atoms with van der Waals surface area (Å²) < 4.78 is 13.1. The normalized spacial score (nSPS) is 12.1. The van der Waals surface area contributed by atoms with E-state index in [0.29, 0.717) is 12.6 Å². The second kappa shape index (κ2) is 6.35. The molecule has 116 valence electrons. The minimum absolute atomic E-state index is 0.0966. The van der Waals surface area contributed by atoms with Gasteiger partial charge in [0, 0.05) is 23.7 Å². The van der Waals surface area contributed by atoms with Crippen molar-refractivity contribution in [3.63, 3.8) is 0 Å². The molecule has 0 aromatic carbocycles. The SMILES string of the molecule is CC(C)n1cc(OCc2cc(CNC(C)(C)C)co2)cn1. The number of rotatable bonds is 6. The molecule has 5 heteroatoms. The van der Waals surface area contributed by atoms with Crippen LogP contribution in [0.15, 0.2) is 29.1 Å². The van der Waals surface area contributed by atoms with Gasteiger partial charge in [-0.25, -0.2) is 0 Å². The highest BCUT2D eigenvalue weighted by atomic mass is 16.5. The molecular weight excluding hydrogens is 266 g/mol. The quantitative estimate of drug-likeness (QED) is 0.884. The summed E-state index contributed by atoms with van der Waals surface area (Å²) in [5, 5.41) is 7.67. The molecule has 21 heavy (non-hydrogen) atoms. The first-order chi connectivity index (χ1) is 9.83. The Labute approximate surface area is 126 Å². The maximum Gasteiger partial charge on any atom is 0.157 e. The summed E-state index contributed by atoms with van der Waals surface area (Å²) in [5.74, 6) is 1.58. The van der Waals surface area contributed by atoms with Crippen LogP contribution in [0.5, 0.6) is 5.75 Å². The standard InChI is InChI=1S/C16H25N3O2/c1-12(2)19-9-15(8-18-19)21-11-14-6-13(10-20-14)7-17-16(3,4)5/h6,8-10,12,17H,7,11H2,1-5H3. The third-order valence-corrected chi connectivity index (χ3v) is 3.02. The average Bonchev–Trinajstić information content (AvgIpc) is 3.02. The van der Waals surface area contributed by atoms with E-state index in [-0.39, 0.29) is 5.54 Å². The number of hydrogen-bond donors (Lipinski definition) is 1. The molecule has 0 unspecified atom stereocenters. The van der Waals surface area contributed by atoms with Crippen molar-refractivity contribution >= 4 is 0 Å². The highest BCUT2D eigenvalue weighted by Crippen LogP contribution is 2.16. The van der Waals surface area contributed by atoms with Gasteiger partial charge in [0.15, 0.2) is 5.75 Å². The van der Waals surface area contributed by atoms with Crippen LogP contribution in [-0.2, 0) is 13.2 Å². The van der Waals surface area contributed by atoms with Crippen molar-refractivity contribution in [2.24, 2.45) is 0 Å². The van der Waals surface area contributed by atoms with Crippen LogP contribution in [0.2, 0.25) is 0 Å². The first-order valence-corrected chi connectivity index (χ1v) is 7.32. The van der Waals surface area contributed by atoms with Gasteiger partial charge in [0.25, 0.3) is 0 Å². The van der Waals surface area contributed by atoms with Crippen LogP contribution in [0.3, 0.4) is 0 Å². The zero-order valence-corrected chi connectivity index (χ0v) is 13.5. The van der Waals surface area contributed by atoms with Crippen LogP contribution in [0, 0.1) is 0 Å². The third kappa shape index (κ3) is 4.93. The first kappa shape index (κ1) is 15.6. The van der Waals surface area contributed by atoms with Crippen LogP contribution in [0.1, 0.15) is 52.0 Å². The Balaban J connectivity index is 1.84. The highest BCUT2D eigenvalue weighted by molar-refractivity contribution is 5.15. The van der Waals surface area contributed by atoms with Crippen LogP contribution in [0.4, 0.5) is 0 Å². The third-order valence-electron chi connectivity index (χ3n) is 3.02. The molecule has 0 saturated carbocycles. The van der Waals surface area contributed by atoms with Gasteiger partial charge in [-0.15, -0.1) is 0 Å². The Morgan fingerprint density at radius 3 is 2.76 bits per heavy atom. The van der Waals surface area contributed by atoms with E-state index in [9.17, 15) is 0 Å². The lowest BCUT2D eigenvalue weighted by Crippen LogP contribution is -2.34. The van der Waals surface area contributed by atoms with Crippen LogP contribution in [-0.4, -0.2) is 15.3 Å². The molecule has 0 amide bonds. The fourth-order valence-electron chi connectivity index (χ4n) is 1.79. The lowest BCUT2D eigenvalue weighted by atomic mass is 10.1. The largest absolute Gasteiger partial charge is 0.482 e. The van der Waals surface area contributed by atoms with Crippen molar-refractivity contribution in [1.82, 2.24) is 15.1 Å². The topological polar surface area (TPSA) is 52.2 Å². The minimum Gasteiger partial charge on any atom is -0.482 e. The van der Waals surface area contributed by atoms with Gasteiger partial charge in [0.05, 0.1) is 18.7 Å². The molecule has 1 N–H and O–H groups in total. The van der Waals surface area contributed by atoms with Gasteiger partial charge in [0.2, 0.25) is 0 Å². The Hall–Kier alpha value is -1.75. The predicted molar refractivity (Wildman–Crippen MR) is 82.2 cm³/mol. The number of furan rings is 1. The molecule has 0 aliphatic rings. The summed E-state index contributed by atoms with van der Waals surface area (Å²) in [4.78, 5) is 0. The predicted octanol–water partition coefficient (Wildman–Crippen LogP) is 3.52. The van der Waals surface area contributed by atoms with Crippen LogP contribution < -0.4 is 10.1 Å². The number of aromatic nitrogens is 2. The van der Waals surface area contributed by atoms with E-state index >= 15 is 0 Å². The number of nitrogens with zero attached hydrogens (tertiary/aromatic N) is 2. The molecule has 0 atom stereocenters. The maximum atomic E-state index is 5.68. The molecule has 0 spiro atoms. The smallest absolute Gasteiger partial charge is 0.157 e. The van der Waals surface area contributed by atoms with Crippen molar-refractivity contribution in [2.75, 3.05) is 0 Å². The number of nitrogens with one attached hydrogen (secondary N) is 1. The zero-order chi connectivity index (χ0) is 15.5. The van der Waals surface area contributed by atoms with Gasteiger partial charge in [-0.05, 0) is 40.7 Å². The van der Waals surface area contributed by atoms with Gasteiger partial charge in [-0.2, -0.15) is 5.10 Å². The summed E-state index contributed by atoms with van der Waals surface area (Å²) in [6, 6.07) is 2.35. The van der Waals surface area contributed by atoms with Gasteiger partial charge >= 0.3 is 0 Å². The Morgan fingerprint density at radius 2 is 2.14 bits per heavy atom. The lowest BCUT2D eigenvalue weighted by molar-refractivity contribution is 0.269. The first-order valence-electron chi connectivity index (χ1n) is 7.32. The van der Waals surface area contributed by atoms with Gasteiger partial charge in [0.1, 0.15) is 12.4 Å². The van der Waals surface area contributed by atoms with Crippen molar-refractivity contribution in [3.8, 4) is 5.75 Å². The summed E-state index contributed by atoms with van der Waals surface area (Å²) in [6.07, 6.45) is 5.40. The number of ether oxygens (including phenoxy) is 1. The van der Waals surface area contributed by atoms with Gasteiger partial charge < -0.3 is 14.5 Å². The summed E-state index contributed by atoms with van der Waals surface area (Å²) in [5.41, 5.74) is 1.22. The molecule has 2 aromatic rings. The minimum atomic E-state index is 0.0966. The Morgan fingerprint density at radius 1 is 1.38 bits per heavy atom. The average molecular weight is 291 g/mol. The molecule has 0 aliphatic heterocycles. The molecule has 2 rings (SSSR count). The number of hydrogen-bond acceptors (Lipinski definition) is 4. The molecule has 0 radical (unpaired) electrons. The van der Waals surface area contributed by atoms with Crippen molar-refractivity contribution in [1.29, 1.82) is 0 Å². The summed E-state index contributed by atoms with van der Waals surface area (Å²) >= 11 is 0. The fraction of sp³-hybridized carbons (Fsp3) is 0.562. The molecule has 0 aliphatic carbocycles. The monoisotopic (exact) mass is 291 g/mol. The van der Waals surface area contributed by atoms with E-state index in [0.717, 1.165) is 23.6 Å². The van der Waals surface area contributed by atoms with Crippen LogP contribution >= 0.6 is 0 Å². The second-order valence-electron chi connectivity index (χ2n) is 6.56. The van der Waals surface area contributed by atoms with Gasteiger partial charge in [-0.3, -0.25) is 4.68 Å². The lowest BCUT2D eigenvalue weighted by Gasteiger charge is -2.19. The van der Waals surface area contributed by atoms with E-state index in [1.807, 2.05) is 16.9 Å². The molecule has 0 bridgehead atoms.